The molecule has 0 N–H and O–H groups in total. The molecule has 0 radical (unpaired) electrons. The molecule has 2 aromatic rings. The number of nitrogens with zero attached hydrogens (tertiary/aromatic N) is 4. The SMILES string of the molecule is O=C1CCCC(=O)C1C(=O)c1ccc(-n2cncn2)nc1. The van der Waals surface area contributed by atoms with Crippen molar-refractivity contribution in [2.24, 2.45) is 5.92 Å². The van der Waals surface area contributed by atoms with Crippen molar-refractivity contribution in [3.8, 4) is 5.82 Å². The van der Waals surface area contributed by atoms with Crippen LogP contribution in [0.1, 0.15) is 29.6 Å². The molecule has 1 aliphatic rings. The molecule has 0 saturated heterocycles. The van der Waals surface area contributed by atoms with Gasteiger partial charge in [-0.15, -0.1) is 0 Å². The summed E-state index contributed by atoms with van der Waals surface area (Å²) < 4.78 is 1.45. The van der Waals surface area contributed by atoms with Crippen molar-refractivity contribution in [1.29, 1.82) is 0 Å². The Kier molecular flexibility index (Phi) is 3.39. The number of hydrogen-bond acceptors (Lipinski definition) is 6. The quantitative estimate of drug-likeness (QED) is 0.610. The minimum atomic E-state index is -1.15. The molecule has 0 atom stereocenters. The Labute approximate surface area is 120 Å². The largest absolute Gasteiger partial charge is 0.298 e. The molecular formula is C14H12N4O3. The van der Waals surface area contributed by atoms with Crippen molar-refractivity contribution in [1.82, 2.24) is 19.7 Å². The summed E-state index contributed by atoms with van der Waals surface area (Å²) in [7, 11) is 0. The number of rotatable bonds is 3. The van der Waals surface area contributed by atoms with Gasteiger partial charge in [-0.05, 0) is 18.6 Å². The molecule has 1 saturated carbocycles. The van der Waals surface area contributed by atoms with Crippen molar-refractivity contribution in [2.45, 2.75) is 19.3 Å². The van der Waals surface area contributed by atoms with E-state index in [4.69, 9.17) is 0 Å². The van der Waals surface area contributed by atoms with Gasteiger partial charge in [0.15, 0.2) is 23.2 Å². The van der Waals surface area contributed by atoms with Crippen molar-refractivity contribution in [3.63, 3.8) is 0 Å². The number of aromatic nitrogens is 4. The van der Waals surface area contributed by atoms with E-state index in [1.807, 2.05) is 0 Å². The Morgan fingerprint density at radius 3 is 2.52 bits per heavy atom. The molecule has 21 heavy (non-hydrogen) atoms. The lowest BCUT2D eigenvalue weighted by molar-refractivity contribution is -0.133. The van der Waals surface area contributed by atoms with Crippen molar-refractivity contribution >= 4 is 17.3 Å². The van der Waals surface area contributed by atoms with Gasteiger partial charge < -0.3 is 0 Å². The first kappa shape index (κ1) is 13.3. The Morgan fingerprint density at radius 1 is 1.19 bits per heavy atom. The fourth-order valence-electron chi connectivity index (χ4n) is 2.36. The van der Waals surface area contributed by atoms with Crippen LogP contribution in [0.3, 0.4) is 0 Å². The van der Waals surface area contributed by atoms with Crippen molar-refractivity contribution in [2.75, 3.05) is 0 Å². The summed E-state index contributed by atoms with van der Waals surface area (Å²) in [5, 5.41) is 3.92. The molecule has 1 fully saturated rings. The van der Waals surface area contributed by atoms with Crippen LogP contribution in [0.4, 0.5) is 0 Å². The third-order valence-electron chi connectivity index (χ3n) is 3.44. The number of pyridine rings is 1. The third-order valence-corrected chi connectivity index (χ3v) is 3.44. The van der Waals surface area contributed by atoms with Gasteiger partial charge in [-0.25, -0.2) is 14.6 Å². The number of Topliss-reactive ketones (excluding diaryl/α,β-unsaturated/α-hetero) is 3. The van der Waals surface area contributed by atoms with Crippen LogP contribution in [0.5, 0.6) is 0 Å². The second-order valence-electron chi connectivity index (χ2n) is 4.83. The molecule has 0 aliphatic heterocycles. The van der Waals surface area contributed by atoms with E-state index in [-0.39, 0.29) is 30.0 Å². The predicted octanol–water partition coefficient (Wildman–Crippen LogP) is 0.783. The third kappa shape index (κ3) is 2.49. The van der Waals surface area contributed by atoms with Gasteiger partial charge in [0, 0.05) is 24.6 Å². The summed E-state index contributed by atoms with van der Waals surface area (Å²) >= 11 is 0. The van der Waals surface area contributed by atoms with Gasteiger partial charge in [0.2, 0.25) is 0 Å². The van der Waals surface area contributed by atoms with Crippen LogP contribution in [0.2, 0.25) is 0 Å². The molecule has 2 aromatic heterocycles. The second-order valence-corrected chi connectivity index (χ2v) is 4.83. The molecule has 1 aliphatic carbocycles. The standard InChI is InChI=1S/C14H12N4O3/c19-10-2-1-3-11(20)13(10)14(21)9-4-5-12(16-6-9)18-8-15-7-17-18/h4-8,13H,1-3H2. The van der Waals surface area contributed by atoms with E-state index < -0.39 is 11.7 Å². The fourth-order valence-corrected chi connectivity index (χ4v) is 2.36. The van der Waals surface area contributed by atoms with Crippen LogP contribution in [0.25, 0.3) is 5.82 Å². The maximum Gasteiger partial charge on any atom is 0.182 e. The van der Waals surface area contributed by atoms with E-state index in [0.29, 0.717) is 12.2 Å². The fraction of sp³-hybridized carbons (Fsp3) is 0.286. The Morgan fingerprint density at radius 2 is 1.95 bits per heavy atom. The zero-order chi connectivity index (χ0) is 14.8. The molecule has 0 spiro atoms. The molecular weight excluding hydrogens is 272 g/mol. The normalized spacial score (nSPS) is 16.2. The van der Waals surface area contributed by atoms with Crippen LogP contribution in [-0.4, -0.2) is 37.1 Å². The van der Waals surface area contributed by atoms with Crippen LogP contribution in [0.15, 0.2) is 31.0 Å². The lowest BCUT2D eigenvalue weighted by Gasteiger charge is -2.18. The van der Waals surface area contributed by atoms with E-state index in [2.05, 4.69) is 15.1 Å². The number of hydrogen-bond donors (Lipinski definition) is 0. The first-order valence-electron chi connectivity index (χ1n) is 6.57. The molecule has 7 heteroatoms. The lowest BCUT2D eigenvalue weighted by Crippen LogP contribution is -2.35. The Bertz CT molecular complexity index is 676. The summed E-state index contributed by atoms with van der Waals surface area (Å²) in [6.45, 7) is 0. The van der Waals surface area contributed by atoms with Crippen LogP contribution >= 0.6 is 0 Å². The van der Waals surface area contributed by atoms with E-state index in [1.165, 1.54) is 23.5 Å². The Hall–Kier alpha value is -2.70. The van der Waals surface area contributed by atoms with E-state index >= 15 is 0 Å². The smallest absolute Gasteiger partial charge is 0.182 e. The average molecular weight is 284 g/mol. The first-order valence-corrected chi connectivity index (χ1v) is 6.57. The number of ketones is 3. The highest BCUT2D eigenvalue weighted by atomic mass is 16.2. The van der Waals surface area contributed by atoms with Gasteiger partial charge in [0.25, 0.3) is 0 Å². The van der Waals surface area contributed by atoms with Crippen LogP contribution in [-0.2, 0) is 9.59 Å². The molecule has 2 heterocycles. The molecule has 0 unspecified atom stereocenters. The highest BCUT2D eigenvalue weighted by molar-refractivity contribution is 6.25. The maximum atomic E-state index is 12.3. The van der Waals surface area contributed by atoms with Gasteiger partial charge in [-0.3, -0.25) is 14.4 Å². The van der Waals surface area contributed by atoms with Gasteiger partial charge in [-0.2, -0.15) is 5.10 Å². The molecule has 0 aromatic carbocycles. The van der Waals surface area contributed by atoms with Crippen molar-refractivity contribution < 1.29 is 14.4 Å². The first-order chi connectivity index (χ1) is 10.2. The maximum absolute atomic E-state index is 12.3. The van der Waals surface area contributed by atoms with Crippen LogP contribution in [0, 0.1) is 5.92 Å². The topological polar surface area (TPSA) is 94.8 Å². The van der Waals surface area contributed by atoms with Crippen LogP contribution < -0.4 is 0 Å². The Balaban J connectivity index is 1.85. The monoisotopic (exact) mass is 284 g/mol. The highest BCUT2D eigenvalue weighted by Crippen LogP contribution is 2.21. The summed E-state index contributed by atoms with van der Waals surface area (Å²) in [5.74, 6) is -1.71. The predicted molar refractivity (Wildman–Crippen MR) is 70.8 cm³/mol. The lowest BCUT2D eigenvalue weighted by atomic mass is 9.82. The minimum Gasteiger partial charge on any atom is -0.298 e. The average Bonchev–Trinajstić information content (AvgIpc) is 3.01. The minimum absolute atomic E-state index is 0.257. The molecule has 3 rings (SSSR count). The second kappa shape index (κ2) is 5.35. The van der Waals surface area contributed by atoms with E-state index in [1.54, 1.807) is 12.1 Å². The number of carbonyl (C=O) groups excluding carboxylic acids is 3. The van der Waals surface area contributed by atoms with E-state index in [9.17, 15) is 14.4 Å². The zero-order valence-corrected chi connectivity index (χ0v) is 11.1. The zero-order valence-electron chi connectivity index (χ0n) is 11.1. The van der Waals surface area contributed by atoms with Gasteiger partial charge in [0.05, 0.1) is 0 Å². The summed E-state index contributed by atoms with van der Waals surface area (Å²) in [5.41, 5.74) is 0.257. The van der Waals surface area contributed by atoms with Gasteiger partial charge in [0.1, 0.15) is 18.6 Å². The van der Waals surface area contributed by atoms with Gasteiger partial charge >= 0.3 is 0 Å². The summed E-state index contributed by atoms with van der Waals surface area (Å²) in [6.07, 6.45) is 5.32. The summed E-state index contributed by atoms with van der Waals surface area (Å²) in [6, 6.07) is 3.14. The highest BCUT2D eigenvalue weighted by Gasteiger charge is 2.36. The molecule has 106 valence electrons. The molecule has 0 amide bonds. The summed E-state index contributed by atoms with van der Waals surface area (Å²) in [4.78, 5) is 43.8. The number of carbonyl (C=O) groups is 3. The van der Waals surface area contributed by atoms with Gasteiger partial charge in [-0.1, -0.05) is 0 Å². The molecule has 7 nitrogen and oxygen atoms in total. The van der Waals surface area contributed by atoms with Crippen molar-refractivity contribution in [3.05, 3.63) is 36.5 Å². The molecule has 0 bridgehead atoms. The van der Waals surface area contributed by atoms with E-state index in [0.717, 1.165) is 0 Å².